The van der Waals surface area contributed by atoms with Crippen molar-refractivity contribution >= 4 is 49.8 Å². The van der Waals surface area contributed by atoms with Crippen molar-refractivity contribution < 1.29 is 40.0 Å². The van der Waals surface area contributed by atoms with Crippen molar-refractivity contribution in [2.24, 2.45) is 0 Å². The Kier molecular flexibility index (Phi) is 7.54. The van der Waals surface area contributed by atoms with Gasteiger partial charge in [-0.15, -0.1) is 0 Å². The van der Waals surface area contributed by atoms with Crippen LogP contribution < -0.4 is 4.72 Å². The number of hydrogen-bond donors (Lipinski definition) is 1. The molecule has 0 radical (unpaired) electrons. The van der Waals surface area contributed by atoms with Crippen molar-refractivity contribution in [1.82, 2.24) is 9.29 Å². The molecule has 1 aromatic heterocycles. The predicted octanol–water partition coefficient (Wildman–Crippen LogP) is 6.67. The summed E-state index contributed by atoms with van der Waals surface area (Å²) < 4.78 is 97.1. The number of carbonyl (C=O) groups is 2. The van der Waals surface area contributed by atoms with Crippen molar-refractivity contribution in [3.05, 3.63) is 118 Å². The van der Waals surface area contributed by atoms with Gasteiger partial charge in [0.25, 0.3) is 15.9 Å². The fourth-order valence-electron chi connectivity index (χ4n) is 4.65. The van der Waals surface area contributed by atoms with Gasteiger partial charge in [0.2, 0.25) is 0 Å². The number of allylic oxidation sites excluding steroid dienone is 4. The molecule has 0 atom stereocenters. The average molecular weight is 621 g/mol. The number of benzene rings is 3. The number of sulfonamides is 1. The number of amides is 1. The lowest BCUT2D eigenvalue weighted by molar-refractivity contribution is -0.137. The van der Waals surface area contributed by atoms with Gasteiger partial charge in [-0.2, -0.15) is 13.2 Å². The maximum Gasteiger partial charge on any atom is 0.416 e. The van der Waals surface area contributed by atoms with E-state index in [9.17, 15) is 40.0 Å². The fourth-order valence-corrected chi connectivity index (χ4v) is 5.78. The summed E-state index contributed by atoms with van der Waals surface area (Å²) in [6.45, 7) is -0.456. The van der Waals surface area contributed by atoms with Gasteiger partial charge in [-0.25, -0.2) is 21.9 Å². The van der Waals surface area contributed by atoms with Gasteiger partial charge in [-0.05, 0) is 60.7 Å². The lowest BCUT2D eigenvalue weighted by Crippen LogP contribution is -2.33. The van der Waals surface area contributed by atoms with Gasteiger partial charge in [0.1, 0.15) is 17.3 Å². The zero-order valence-electron chi connectivity index (χ0n) is 21.2. The van der Waals surface area contributed by atoms with Crippen LogP contribution in [0.2, 0.25) is 5.02 Å². The first-order valence-corrected chi connectivity index (χ1v) is 14.0. The molecular formula is C29H18ClF5N2O4S. The number of carbonyl (C=O) groups excluding carboxylic acids is 2. The number of nitrogens with one attached hydrogen (secondary N) is 1. The first-order valence-electron chi connectivity index (χ1n) is 12.2. The highest BCUT2D eigenvalue weighted by Gasteiger charge is 2.33. The molecule has 0 fully saturated rings. The summed E-state index contributed by atoms with van der Waals surface area (Å²) in [5, 5.41) is 0.466. The van der Waals surface area contributed by atoms with Gasteiger partial charge < -0.3 is 4.57 Å². The Bertz CT molecular complexity index is 1930. The largest absolute Gasteiger partial charge is 0.416 e. The third kappa shape index (κ3) is 5.59. The van der Waals surface area contributed by atoms with Crippen LogP contribution in [0, 0.1) is 11.6 Å². The van der Waals surface area contributed by atoms with Gasteiger partial charge in [0.15, 0.2) is 5.78 Å². The highest BCUT2D eigenvalue weighted by molar-refractivity contribution is 7.90. The quantitative estimate of drug-likeness (QED) is 0.244. The molecule has 0 bridgehead atoms. The topological polar surface area (TPSA) is 85.2 Å². The average Bonchev–Trinajstić information content (AvgIpc) is 3.23. The molecule has 1 aliphatic carbocycles. The van der Waals surface area contributed by atoms with E-state index >= 15 is 0 Å². The number of Topliss-reactive ketones (excluding diaryl/α,β-unsaturated/α-hetero) is 1. The summed E-state index contributed by atoms with van der Waals surface area (Å²) in [7, 11) is -4.74. The maximum absolute atomic E-state index is 14.7. The molecule has 13 heteroatoms. The summed E-state index contributed by atoms with van der Waals surface area (Å²) in [6.07, 6.45) is -0.173. The minimum Gasteiger partial charge on any atom is -0.331 e. The Morgan fingerprint density at radius 3 is 2.38 bits per heavy atom. The molecule has 3 aromatic carbocycles. The molecule has 1 aliphatic rings. The smallest absolute Gasteiger partial charge is 0.331 e. The molecule has 42 heavy (non-hydrogen) atoms. The monoisotopic (exact) mass is 620 g/mol. The van der Waals surface area contributed by atoms with E-state index in [1.165, 1.54) is 28.8 Å². The molecule has 0 aliphatic heterocycles. The third-order valence-corrected chi connectivity index (χ3v) is 8.15. The normalized spacial score (nSPS) is 13.9. The van der Waals surface area contributed by atoms with E-state index < -0.39 is 56.5 Å². The molecule has 0 saturated carbocycles. The molecule has 4 aromatic rings. The summed E-state index contributed by atoms with van der Waals surface area (Å²) >= 11 is 6.23. The third-order valence-electron chi connectivity index (χ3n) is 6.57. The number of ketones is 1. The second kappa shape index (κ2) is 10.8. The minimum absolute atomic E-state index is 0.00113. The van der Waals surface area contributed by atoms with Crippen LogP contribution in [0.1, 0.15) is 33.6 Å². The van der Waals surface area contributed by atoms with Crippen molar-refractivity contribution in [1.29, 1.82) is 0 Å². The Labute approximate surface area is 240 Å². The first-order chi connectivity index (χ1) is 19.8. The Balaban J connectivity index is 1.70. The first kappa shape index (κ1) is 29.2. The Morgan fingerprint density at radius 2 is 1.71 bits per heavy atom. The number of aromatic nitrogens is 1. The SMILES string of the molecule is O=C1CC=CC=C1c1c(C(=O)NS(=O)(=O)c2ccc(C(F)(F)F)cc2)n(Cc2cc(F)ccc2F)c2ccc(Cl)cc12. The second-order valence-electron chi connectivity index (χ2n) is 9.30. The van der Waals surface area contributed by atoms with Crippen LogP contribution in [0.15, 0.2) is 83.8 Å². The Hall–Kier alpha value is -4.29. The van der Waals surface area contributed by atoms with Crippen LogP contribution >= 0.6 is 11.6 Å². The van der Waals surface area contributed by atoms with Gasteiger partial charge in [-0.3, -0.25) is 9.59 Å². The highest BCUT2D eigenvalue weighted by atomic mass is 35.5. The molecule has 1 amide bonds. The zero-order valence-corrected chi connectivity index (χ0v) is 22.7. The molecular weight excluding hydrogens is 603 g/mol. The molecule has 6 nitrogen and oxygen atoms in total. The highest BCUT2D eigenvalue weighted by Crippen LogP contribution is 2.37. The van der Waals surface area contributed by atoms with Gasteiger partial charge >= 0.3 is 6.18 Å². The van der Waals surface area contributed by atoms with Crippen LogP contribution in [-0.4, -0.2) is 24.7 Å². The van der Waals surface area contributed by atoms with Crippen LogP contribution in [-0.2, 0) is 27.5 Å². The van der Waals surface area contributed by atoms with E-state index in [1.807, 2.05) is 4.72 Å². The molecule has 0 unspecified atom stereocenters. The molecule has 5 rings (SSSR count). The number of halogens is 6. The van der Waals surface area contributed by atoms with Crippen LogP contribution in [0.3, 0.4) is 0 Å². The van der Waals surface area contributed by atoms with Crippen molar-refractivity contribution in [3.63, 3.8) is 0 Å². The number of nitrogens with zero attached hydrogens (tertiary/aromatic N) is 1. The summed E-state index contributed by atoms with van der Waals surface area (Å²) in [6, 6.07) is 9.56. The van der Waals surface area contributed by atoms with Gasteiger partial charge in [0.05, 0.1) is 17.0 Å². The number of hydrogen-bond acceptors (Lipinski definition) is 4. The molecule has 1 N–H and O–H groups in total. The van der Waals surface area contributed by atoms with E-state index in [2.05, 4.69) is 0 Å². The number of rotatable bonds is 6. The van der Waals surface area contributed by atoms with Crippen molar-refractivity contribution in [2.75, 3.05) is 0 Å². The predicted molar refractivity (Wildman–Crippen MR) is 145 cm³/mol. The van der Waals surface area contributed by atoms with Crippen molar-refractivity contribution in [2.45, 2.75) is 24.0 Å². The van der Waals surface area contributed by atoms with Crippen LogP contribution in [0.25, 0.3) is 16.5 Å². The van der Waals surface area contributed by atoms with E-state index in [1.54, 1.807) is 12.2 Å². The molecule has 1 heterocycles. The van der Waals surface area contributed by atoms with Crippen LogP contribution in [0.5, 0.6) is 0 Å². The number of alkyl halides is 3. The maximum atomic E-state index is 14.7. The molecule has 216 valence electrons. The summed E-state index contributed by atoms with van der Waals surface area (Å²) in [4.78, 5) is 26.1. The lowest BCUT2D eigenvalue weighted by Gasteiger charge is -2.15. The van der Waals surface area contributed by atoms with Gasteiger partial charge in [0, 0.05) is 39.0 Å². The van der Waals surface area contributed by atoms with Gasteiger partial charge in [-0.1, -0.05) is 29.8 Å². The fraction of sp³-hybridized carbons (Fsp3) is 0.103. The van der Waals surface area contributed by atoms with E-state index in [-0.39, 0.29) is 44.7 Å². The summed E-state index contributed by atoms with van der Waals surface area (Å²) in [5.74, 6) is -3.25. The summed E-state index contributed by atoms with van der Waals surface area (Å²) in [5.41, 5.74) is -1.38. The Morgan fingerprint density at radius 1 is 1.00 bits per heavy atom. The van der Waals surface area contributed by atoms with E-state index in [0.717, 1.165) is 18.2 Å². The van der Waals surface area contributed by atoms with Crippen molar-refractivity contribution in [3.8, 4) is 0 Å². The van der Waals surface area contributed by atoms with E-state index in [4.69, 9.17) is 11.6 Å². The van der Waals surface area contributed by atoms with E-state index in [0.29, 0.717) is 24.3 Å². The zero-order chi connectivity index (χ0) is 30.4. The molecule has 0 saturated heterocycles. The molecule has 0 spiro atoms. The number of fused-ring (bicyclic) bond motifs is 1. The second-order valence-corrected chi connectivity index (χ2v) is 11.4. The lowest BCUT2D eigenvalue weighted by atomic mass is 9.93. The standard InChI is InChI=1S/C29H18ClF5N2O4S/c30-18-7-12-24-22(14-18)26(21-3-1-2-4-25(21)38)27(37(24)15-16-13-19(31)8-11-23(16)32)28(39)36-42(40,41)20-9-5-17(6-10-20)29(33,34)35/h1-3,5-14H,4,15H2,(H,36,39). The minimum atomic E-state index is -4.74. The van der Waals surface area contributed by atoms with Crippen LogP contribution in [0.4, 0.5) is 22.0 Å².